The van der Waals surface area contributed by atoms with Gasteiger partial charge in [0.1, 0.15) is 12.0 Å². The molecule has 0 spiro atoms. The Balaban J connectivity index is 4.71. The van der Waals surface area contributed by atoms with E-state index in [1.807, 2.05) is 20.8 Å². The molecular formula is C14H26O4. The highest BCUT2D eigenvalue weighted by Gasteiger charge is 2.32. The maximum atomic E-state index is 12.3. The molecule has 0 amide bonds. The summed E-state index contributed by atoms with van der Waals surface area (Å²) in [4.78, 5) is 24.0. The van der Waals surface area contributed by atoms with Gasteiger partial charge in [0, 0.05) is 6.61 Å². The summed E-state index contributed by atoms with van der Waals surface area (Å²) in [6, 6.07) is 0. The average molecular weight is 258 g/mol. The minimum absolute atomic E-state index is 0.126. The first-order chi connectivity index (χ1) is 8.62. The monoisotopic (exact) mass is 258 g/mol. The van der Waals surface area contributed by atoms with Gasteiger partial charge in [-0.3, -0.25) is 9.59 Å². The SMILES string of the molecule is CCCCC(C(=O)OC)C(=O)C(CCC)OCC. The van der Waals surface area contributed by atoms with Crippen LogP contribution in [0.4, 0.5) is 0 Å². The van der Waals surface area contributed by atoms with Crippen LogP contribution >= 0.6 is 0 Å². The van der Waals surface area contributed by atoms with Crippen molar-refractivity contribution in [1.82, 2.24) is 0 Å². The quantitative estimate of drug-likeness (QED) is 0.446. The van der Waals surface area contributed by atoms with E-state index in [2.05, 4.69) is 0 Å². The molecule has 4 nitrogen and oxygen atoms in total. The molecule has 0 radical (unpaired) electrons. The zero-order valence-electron chi connectivity index (χ0n) is 12.0. The van der Waals surface area contributed by atoms with E-state index in [0.29, 0.717) is 19.4 Å². The number of esters is 1. The molecule has 2 atom stereocenters. The van der Waals surface area contributed by atoms with Crippen molar-refractivity contribution < 1.29 is 19.1 Å². The van der Waals surface area contributed by atoms with Crippen LogP contribution < -0.4 is 0 Å². The van der Waals surface area contributed by atoms with E-state index < -0.39 is 18.0 Å². The Morgan fingerprint density at radius 1 is 1.06 bits per heavy atom. The lowest BCUT2D eigenvalue weighted by molar-refractivity contribution is -0.153. The maximum Gasteiger partial charge on any atom is 0.316 e. The number of carbonyl (C=O) groups is 2. The predicted octanol–water partition coefficient (Wildman–Crippen LogP) is 2.74. The van der Waals surface area contributed by atoms with E-state index in [-0.39, 0.29) is 5.78 Å². The van der Waals surface area contributed by atoms with E-state index in [9.17, 15) is 9.59 Å². The number of unbranched alkanes of at least 4 members (excludes halogenated alkanes) is 1. The third-order valence-corrected chi connectivity index (χ3v) is 2.91. The highest BCUT2D eigenvalue weighted by molar-refractivity contribution is 6.01. The van der Waals surface area contributed by atoms with Gasteiger partial charge in [-0.05, 0) is 19.8 Å². The fraction of sp³-hybridized carbons (Fsp3) is 0.857. The lowest BCUT2D eigenvalue weighted by Gasteiger charge is -2.20. The second-order valence-electron chi connectivity index (χ2n) is 4.35. The second-order valence-corrected chi connectivity index (χ2v) is 4.35. The summed E-state index contributed by atoms with van der Waals surface area (Å²) in [5, 5.41) is 0. The minimum atomic E-state index is -0.668. The van der Waals surface area contributed by atoms with E-state index >= 15 is 0 Å². The number of methoxy groups -OCH3 is 1. The van der Waals surface area contributed by atoms with Crippen LogP contribution in [0.3, 0.4) is 0 Å². The van der Waals surface area contributed by atoms with Crippen molar-refractivity contribution in [2.45, 2.75) is 59.0 Å². The molecule has 0 saturated heterocycles. The summed E-state index contributed by atoms with van der Waals surface area (Å²) in [7, 11) is 1.32. The minimum Gasteiger partial charge on any atom is -0.468 e. The summed E-state index contributed by atoms with van der Waals surface area (Å²) in [6.07, 6.45) is 3.39. The molecule has 106 valence electrons. The highest BCUT2D eigenvalue weighted by atomic mass is 16.5. The van der Waals surface area contributed by atoms with Gasteiger partial charge in [-0.1, -0.05) is 33.1 Å². The normalized spacial score (nSPS) is 14.0. The Labute approximate surface area is 110 Å². The molecule has 0 fully saturated rings. The fourth-order valence-corrected chi connectivity index (χ4v) is 1.92. The molecule has 0 aromatic heterocycles. The van der Waals surface area contributed by atoms with Crippen molar-refractivity contribution in [1.29, 1.82) is 0 Å². The summed E-state index contributed by atoms with van der Waals surface area (Å²) in [5.74, 6) is -1.23. The third kappa shape index (κ3) is 5.63. The van der Waals surface area contributed by atoms with Crippen LogP contribution in [0, 0.1) is 5.92 Å². The zero-order valence-corrected chi connectivity index (χ0v) is 12.0. The van der Waals surface area contributed by atoms with Crippen LogP contribution in [0.25, 0.3) is 0 Å². The lowest BCUT2D eigenvalue weighted by Crippen LogP contribution is -2.35. The Kier molecular flexibility index (Phi) is 9.56. The van der Waals surface area contributed by atoms with Crippen molar-refractivity contribution in [3.8, 4) is 0 Å². The second kappa shape index (κ2) is 10.1. The molecule has 0 aliphatic rings. The van der Waals surface area contributed by atoms with E-state index in [1.54, 1.807) is 0 Å². The molecular weight excluding hydrogens is 232 g/mol. The molecule has 0 N–H and O–H groups in total. The van der Waals surface area contributed by atoms with Gasteiger partial charge in [-0.25, -0.2) is 0 Å². The molecule has 0 aromatic carbocycles. The van der Waals surface area contributed by atoms with E-state index in [1.165, 1.54) is 7.11 Å². The summed E-state index contributed by atoms with van der Waals surface area (Å²) in [5.41, 5.74) is 0. The maximum absolute atomic E-state index is 12.3. The summed E-state index contributed by atoms with van der Waals surface area (Å²) in [6.45, 7) is 6.37. The van der Waals surface area contributed by atoms with Gasteiger partial charge in [-0.15, -0.1) is 0 Å². The van der Waals surface area contributed by atoms with Gasteiger partial charge in [0.25, 0.3) is 0 Å². The molecule has 0 aliphatic carbocycles. The van der Waals surface area contributed by atoms with Crippen LogP contribution in [-0.4, -0.2) is 31.6 Å². The smallest absolute Gasteiger partial charge is 0.316 e. The van der Waals surface area contributed by atoms with Crippen molar-refractivity contribution >= 4 is 11.8 Å². The van der Waals surface area contributed by atoms with Gasteiger partial charge in [0.05, 0.1) is 7.11 Å². The Hall–Kier alpha value is -0.900. The highest BCUT2D eigenvalue weighted by Crippen LogP contribution is 2.17. The van der Waals surface area contributed by atoms with Gasteiger partial charge >= 0.3 is 5.97 Å². The van der Waals surface area contributed by atoms with Gasteiger partial charge in [0.15, 0.2) is 5.78 Å². The van der Waals surface area contributed by atoms with Crippen molar-refractivity contribution in [3.63, 3.8) is 0 Å². The molecule has 18 heavy (non-hydrogen) atoms. The van der Waals surface area contributed by atoms with Gasteiger partial charge in [0.2, 0.25) is 0 Å². The molecule has 0 rings (SSSR count). The first-order valence-electron chi connectivity index (χ1n) is 6.85. The summed E-state index contributed by atoms with van der Waals surface area (Å²) >= 11 is 0. The van der Waals surface area contributed by atoms with Gasteiger partial charge in [-0.2, -0.15) is 0 Å². The molecule has 0 heterocycles. The lowest BCUT2D eigenvalue weighted by atomic mass is 9.92. The number of hydrogen-bond acceptors (Lipinski definition) is 4. The largest absolute Gasteiger partial charge is 0.468 e. The predicted molar refractivity (Wildman–Crippen MR) is 70.4 cm³/mol. The first-order valence-corrected chi connectivity index (χ1v) is 6.85. The Morgan fingerprint density at radius 2 is 1.72 bits per heavy atom. The molecule has 0 bridgehead atoms. The van der Waals surface area contributed by atoms with Crippen molar-refractivity contribution in [2.24, 2.45) is 5.92 Å². The number of ketones is 1. The number of Topliss-reactive ketones (excluding diaryl/α,β-unsaturated/α-hetero) is 1. The average Bonchev–Trinajstić information content (AvgIpc) is 2.38. The Morgan fingerprint density at radius 3 is 2.17 bits per heavy atom. The number of ether oxygens (including phenoxy) is 2. The van der Waals surface area contributed by atoms with Crippen LogP contribution in [0.5, 0.6) is 0 Å². The number of carbonyl (C=O) groups excluding carboxylic acids is 2. The van der Waals surface area contributed by atoms with Gasteiger partial charge < -0.3 is 9.47 Å². The van der Waals surface area contributed by atoms with E-state index in [4.69, 9.17) is 9.47 Å². The molecule has 0 saturated carbocycles. The standard InChI is InChI=1S/C14H26O4/c1-5-8-10-11(14(16)17-4)13(15)12(9-6-2)18-7-3/h11-12H,5-10H2,1-4H3. The number of rotatable bonds is 10. The van der Waals surface area contributed by atoms with Crippen molar-refractivity contribution in [3.05, 3.63) is 0 Å². The fourth-order valence-electron chi connectivity index (χ4n) is 1.92. The Bertz CT molecular complexity index is 244. The van der Waals surface area contributed by atoms with Crippen LogP contribution in [0.1, 0.15) is 52.9 Å². The first kappa shape index (κ1) is 17.1. The van der Waals surface area contributed by atoms with Crippen LogP contribution in [-0.2, 0) is 19.1 Å². The zero-order chi connectivity index (χ0) is 14.0. The molecule has 4 heteroatoms. The van der Waals surface area contributed by atoms with E-state index in [0.717, 1.165) is 19.3 Å². The molecule has 2 unspecified atom stereocenters. The van der Waals surface area contributed by atoms with Crippen molar-refractivity contribution in [2.75, 3.05) is 13.7 Å². The molecule has 0 aliphatic heterocycles. The number of hydrogen-bond donors (Lipinski definition) is 0. The topological polar surface area (TPSA) is 52.6 Å². The van der Waals surface area contributed by atoms with Crippen LogP contribution in [0.2, 0.25) is 0 Å². The molecule has 0 aromatic rings. The summed E-state index contributed by atoms with van der Waals surface area (Å²) < 4.78 is 10.2. The van der Waals surface area contributed by atoms with Crippen LogP contribution in [0.15, 0.2) is 0 Å². The third-order valence-electron chi connectivity index (χ3n) is 2.91.